The van der Waals surface area contributed by atoms with E-state index in [4.69, 9.17) is 5.73 Å². The number of benzene rings is 1. The van der Waals surface area contributed by atoms with Crippen LogP contribution in [0.15, 0.2) is 29.1 Å². The van der Waals surface area contributed by atoms with Gasteiger partial charge in [0.1, 0.15) is 5.82 Å². The standard InChI is InChI=1S/C11H13N3O/c1-14(2)11-6-10(15)8-4-3-7(12)5-9(8)13-11/h3-6H,12H2,1-2H3,(H,13,15). The smallest absolute Gasteiger partial charge is 0.191 e. The molecule has 4 nitrogen and oxygen atoms in total. The van der Waals surface area contributed by atoms with E-state index in [1.807, 2.05) is 19.0 Å². The summed E-state index contributed by atoms with van der Waals surface area (Å²) in [5.41, 5.74) is 7.09. The summed E-state index contributed by atoms with van der Waals surface area (Å²) in [4.78, 5) is 16.7. The largest absolute Gasteiger partial charge is 0.399 e. The highest BCUT2D eigenvalue weighted by molar-refractivity contribution is 5.83. The summed E-state index contributed by atoms with van der Waals surface area (Å²) < 4.78 is 0. The average molecular weight is 203 g/mol. The second-order valence-electron chi connectivity index (χ2n) is 3.72. The van der Waals surface area contributed by atoms with Gasteiger partial charge in [-0.05, 0) is 18.2 Å². The van der Waals surface area contributed by atoms with Crippen molar-refractivity contribution in [3.63, 3.8) is 0 Å². The van der Waals surface area contributed by atoms with Crippen LogP contribution in [0.5, 0.6) is 0 Å². The maximum Gasteiger partial charge on any atom is 0.191 e. The van der Waals surface area contributed by atoms with Crippen molar-refractivity contribution in [2.75, 3.05) is 24.7 Å². The number of nitrogen functional groups attached to an aromatic ring is 1. The monoisotopic (exact) mass is 203 g/mol. The molecule has 15 heavy (non-hydrogen) atoms. The predicted octanol–water partition coefficient (Wildman–Crippen LogP) is 1.18. The third-order valence-corrected chi connectivity index (χ3v) is 2.32. The summed E-state index contributed by atoms with van der Waals surface area (Å²) in [7, 11) is 3.76. The average Bonchev–Trinajstić information content (AvgIpc) is 2.16. The van der Waals surface area contributed by atoms with Crippen LogP contribution in [0.4, 0.5) is 11.5 Å². The van der Waals surface area contributed by atoms with Crippen molar-refractivity contribution < 1.29 is 0 Å². The molecule has 2 rings (SSSR count). The zero-order valence-corrected chi connectivity index (χ0v) is 8.74. The molecule has 0 bridgehead atoms. The first-order valence-corrected chi connectivity index (χ1v) is 4.68. The summed E-state index contributed by atoms with van der Waals surface area (Å²) in [6, 6.07) is 6.82. The zero-order chi connectivity index (χ0) is 11.0. The van der Waals surface area contributed by atoms with Crippen LogP contribution < -0.4 is 16.1 Å². The Morgan fingerprint density at radius 1 is 1.27 bits per heavy atom. The number of hydrogen-bond acceptors (Lipinski definition) is 3. The fourth-order valence-corrected chi connectivity index (χ4v) is 1.50. The van der Waals surface area contributed by atoms with E-state index in [0.29, 0.717) is 11.1 Å². The lowest BCUT2D eigenvalue weighted by Gasteiger charge is -2.12. The molecule has 3 N–H and O–H groups in total. The number of fused-ring (bicyclic) bond motifs is 1. The van der Waals surface area contributed by atoms with Crippen molar-refractivity contribution in [2.24, 2.45) is 0 Å². The van der Waals surface area contributed by atoms with Gasteiger partial charge in [-0.15, -0.1) is 0 Å². The minimum Gasteiger partial charge on any atom is -0.399 e. The Labute approximate surface area is 87.3 Å². The highest BCUT2D eigenvalue weighted by atomic mass is 16.1. The van der Waals surface area contributed by atoms with Crippen LogP contribution in [0.3, 0.4) is 0 Å². The van der Waals surface area contributed by atoms with E-state index in [-0.39, 0.29) is 5.43 Å². The number of H-pyrrole nitrogens is 1. The van der Waals surface area contributed by atoms with Crippen LogP contribution in [0.1, 0.15) is 0 Å². The van der Waals surface area contributed by atoms with Crippen LogP contribution in [0, 0.1) is 0 Å². The molecule has 0 aliphatic carbocycles. The van der Waals surface area contributed by atoms with Crippen molar-refractivity contribution in [1.29, 1.82) is 0 Å². The molecule has 1 aromatic heterocycles. The molecule has 0 spiro atoms. The maximum absolute atomic E-state index is 11.7. The Morgan fingerprint density at radius 3 is 2.67 bits per heavy atom. The van der Waals surface area contributed by atoms with Gasteiger partial charge in [0.25, 0.3) is 0 Å². The summed E-state index contributed by atoms with van der Waals surface area (Å²) in [5, 5.41) is 0.662. The van der Waals surface area contributed by atoms with E-state index in [1.165, 1.54) is 0 Å². The van der Waals surface area contributed by atoms with Gasteiger partial charge in [-0.25, -0.2) is 0 Å². The summed E-state index contributed by atoms with van der Waals surface area (Å²) >= 11 is 0. The first-order valence-electron chi connectivity index (χ1n) is 4.68. The molecule has 78 valence electrons. The van der Waals surface area contributed by atoms with Gasteiger partial charge in [0, 0.05) is 31.2 Å². The minimum atomic E-state index is 0.00690. The van der Waals surface area contributed by atoms with Crippen molar-refractivity contribution in [2.45, 2.75) is 0 Å². The predicted molar refractivity (Wildman–Crippen MR) is 63.3 cm³/mol. The molecule has 1 heterocycles. The first kappa shape index (κ1) is 9.58. The summed E-state index contributed by atoms with van der Waals surface area (Å²) in [6.45, 7) is 0. The third-order valence-electron chi connectivity index (χ3n) is 2.32. The molecule has 0 fully saturated rings. The second-order valence-corrected chi connectivity index (χ2v) is 3.72. The third kappa shape index (κ3) is 1.66. The summed E-state index contributed by atoms with van der Waals surface area (Å²) in [6.07, 6.45) is 0. The van der Waals surface area contributed by atoms with Crippen molar-refractivity contribution in [3.8, 4) is 0 Å². The van der Waals surface area contributed by atoms with Gasteiger partial charge in [0.2, 0.25) is 0 Å². The van der Waals surface area contributed by atoms with E-state index >= 15 is 0 Å². The van der Waals surface area contributed by atoms with Crippen LogP contribution in [0.2, 0.25) is 0 Å². The fraction of sp³-hybridized carbons (Fsp3) is 0.182. The first-order chi connectivity index (χ1) is 7.08. The number of anilines is 2. The Kier molecular flexibility index (Phi) is 2.11. The molecule has 0 aliphatic heterocycles. The van der Waals surface area contributed by atoms with Crippen LogP contribution in [0.25, 0.3) is 10.9 Å². The molecular formula is C11H13N3O. The molecule has 0 unspecified atom stereocenters. The van der Waals surface area contributed by atoms with E-state index in [1.54, 1.807) is 24.3 Å². The number of aromatic amines is 1. The molecule has 1 aromatic carbocycles. The van der Waals surface area contributed by atoms with Gasteiger partial charge in [-0.1, -0.05) is 0 Å². The van der Waals surface area contributed by atoms with E-state index in [2.05, 4.69) is 4.98 Å². The number of nitrogens with two attached hydrogens (primary N) is 1. The topological polar surface area (TPSA) is 62.1 Å². The molecule has 2 aromatic rings. The molecule has 0 saturated carbocycles. The normalized spacial score (nSPS) is 10.5. The molecule has 0 amide bonds. The molecule has 0 atom stereocenters. The number of aromatic nitrogens is 1. The van der Waals surface area contributed by atoms with Crippen LogP contribution in [-0.4, -0.2) is 19.1 Å². The molecule has 0 radical (unpaired) electrons. The van der Waals surface area contributed by atoms with E-state index < -0.39 is 0 Å². The molecular weight excluding hydrogens is 190 g/mol. The molecule has 0 saturated heterocycles. The van der Waals surface area contributed by atoms with Gasteiger partial charge in [-0.3, -0.25) is 4.79 Å². The van der Waals surface area contributed by atoms with Gasteiger partial charge in [0.05, 0.1) is 5.52 Å². The van der Waals surface area contributed by atoms with E-state index in [0.717, 1.165) is 11.3 Å². The fourth-order valence-electron chi connectivity index (χ4n) is 1.50. The Morgan fingerprint density at radius 2 is 2.00 bits per heavy atom. The number of pyridine rings is 1. The Balaban J connectivity index is 2.80. The maximum atomic E-state index is 11.7. The number of nitrogens with one attached hydrogen (secondary N) is 1. The number of hydrogen-bond donors (Lipinski definition) is 2. The Hall–Kier alpha value is -1.97. The van der Waals surface area contributed by atoms with Crippen molar-refractivity contribution in [1.82, 2.24) is 4.98 Å². The van der Waals surface area contributed by atoms with Crippen molar-refractivity contribution in [3.05, 3.63) is 34.5 Å². The van der Waals surface area contributed by atoms with Gasteiger partial charge in [0.15, 0.2) is 5.43 Å². The Bertz CT molecular complexity index is 557. The highest BCUT2D eigenvalue weighted by Gasteiger charge is 2.03. The van der Waals surface area contributed by atoms with Gasteiger partial charge < -0.3 is 15.6 Å². The lowest BCUT2D eigenvalue weighted by Crippen LogP contribution is -2.14. The zero-order valence-electron chi connectivity index (χ0n) is 8.74. The SMILES string of the molecule is CN(C)c1cc(=O)c2ccc(N)cc2[nH]1. The molecule has 0 aliphatic rings. The number of nitrogens with zero attached hydrogens (tertiary/aromatic N) is 1. The van der Waals surface area contributed by atoms with Gasteiger partial charge >= 0.3 is 0 Å². The summed E-state index contributed by atoms with van der Waals surface area (Å²) in [5.74, 6) is 0.776. The van der Waals surface area contributed by atoms with Crippen LogP contribution >= 0.6 is 0 Å². The van der Waals surface area contributed by atoms with E-state index in [9.17, 15) is 4.79 Å². The number of rotatable bonds is 1. The van der Waals surface area contributed by atoms with Gasteiger partial charge in [-0.2, -0.15) is 0 Å². The van der Waals surface area contributed by atoms with Crippen LogP contribution in [-0.2, 0) is 0 Å². The lowest BCUT2D eigenvalue weighted by atomic mass is 10.2. The van der Waals surface area contributed by atoms with Crippen molar-refractivity contribution >= 4 is 22.4 Å². The lowest BCUT2D eigenvalue weighted by molar-refractivity contribution is 1.08. The minimum absolute atomic E-state index is 0.00690. The molecule has 4 heteroatoms. The second kappa shape index (κ2) is 3.31. The quantitative estimate of drug-likeness (QED) is 0.684. The highest BCUT2D eigenvalue weighted by Crippen LogP contribution is 2.15.